The molecule has 1 aliphatic rings. The summed E-state index contributed by atoms with van der Waals surface area (Å²) in [5.74, 6) is -1.42. The fourth-order valence-electron chi connectivity index (χ4n) is 3.41. The van der Waals surface area contributed by atoms with Crippen LogP contribution in [0.3, 0.4) is 0 Å². The molecule has 1 aliphatic heterocycles. The van der Waals surface area contributed by atoms with E-state index < -0.39 is 17.3 Å². The van der Waals surface area contributed by atoms with Crippen molar-refractivity contribution >= 4 is 23.5 Å². The van der Waals surface area contributed by atoms with Crippen LogP contribution in [0.4, 0.5) is 5.69 Å². The summed E-state index contributed by atoms with van der Waals surface area (Å²) in [4.78, 5) is 38.3. The minimum Gasteiger partial charge on any atom is -0.481 e. The Morgan fingerprint density at radius 1 is 1.22 bits per heavy atom. The molecule has 7 heteroatoms. The minimum atomic E-state index is -0.916. The quantitative estimate of drug-likeness (QED) is 0.842. The molecule has 2 amide bonds. The fraction of sp³-hybridized carbons (Fsp3) is 0.350. The predicted octanol–water partition coefficient (Wildman–Crippen LogP) is 3.10. The minimum absolute atomic E-state index is 0.0771. The average Bonchev–Trinajstić information content (AvgIpc) is 3.32. The van der Waals surface area contributed by atoms with Gasteiger partial charge < -0.3 is 19.7 Å². The summed E-state index contributed by atoms with van der Waals surface area (Å²) >= 11 is 0. The largest absolute Gasteiger partial charge is 0.481 e. The molecule has 3 rings (SSSR count). The number of carbonyl (C=O) groups is 3. The Morgan fingerprint density at radius 2 is 2.00 bits per heavy atom. The number of carboxylic acids is 1. The first-order chi connectivity index (χ1) is 12.8. The number of hydrogen-bond acceptors (Lipinski definition) is 4. The molecule has 0 saturated carbocycles. The van der Waals surface area contributed by atoms with Crippen molar-refractivity contribution in [1.29, 1.82) is 0 Å². The second kappa shape index (κ2) is 7.26. The summed E-state index contributed by atoms with van der Waals surface area (Å²) < 4.78 is 5.05. The topological polar surface area (TPSA) is 99.9 Å². The Morgan fingerprint density at radius 3 is 2.59 bits per heavy atom. The van der Waals surface area contributed by atoms with Crippen molar-refractivity contribution in [3.63, 3.8) is 0 Å². The molecule has 0 radical (unpaired) electrons. The van der Waals surface area contributed by atoms with E-state index in [0.29, 0.717) is 24.2 Å². The maximum atomic E-state index is 12.8. The maximum absolute atomic E-state index is 12.8. The van der Waals surface area contributed by atoms with Gasteiger partial charge in [-0.25, -0.2) is 0 Å². The van der Waals surface area contributed by atoms with Gasteiger partial charge in [-0.2, -0.15) is 0 Å². The number of aliphatic carboxylic acids is 1. The van der Waals surface area contributed by atoms with Crippen LogP contribution in [-0.2, 0) is 4.79 Å². The van der Waals surface area contributed by atoms with Gasteiger partial charge >= 0.3 is 5.97 Å². The third kappa shape index (κ3) is 3.58. The van der Waals surface area contributed by atoms with Crippen molar-refractivity contribution < 1.29 is 23.9 Å². The van der Waals surface area contributed by atoms with Crippen LogP contribution in [0.1, 0.15) is 41.2 Å². The van der Waals surface area contributed by atoms with Crippen LogP contribution in [0.15, 0.2) is 47.1 Å². The van der Waals surface area contributed by atoms with Crippen molar-refractivity contribution in [2.75, 3.05) is 18.4 Å². The predicted molar refractivity (Wildman–Crippen MR) is 98.5 cm³/mol. The van der Waals surface area contributed by atoms with E-state index in [1.807, 2.05) is 13.8 Å². The van der Waals surface area contributed by atoms with Crippen molar-refractivity contribution in [3.8, 4) is 0 Å². The Kier molecular flexibility index (Phi) is 5.03. The van der Waals surface area contributed by atoms with Crippen molar-refractivity contribution in [3.05, 3.63) is 54.0 Å². The first-order valence-corrected chi connectivity index (χ1v) is 8.81. The van der Waals surface area contributed by atoms with Crippen LogP contribution in [-0.4, -0.2) is 40.9 Å². The average molecular weight is 370 g/mol. The van der Waals surface area contributed by atoms with Gasteiger partial charge in [-0.05, 0) is 42.7 Å². The number of carboxylic acid groups (broad SMARTS) is 1. The molecule has 2 heterocycles. The lowest BCUT2D eigenvalue weighted by atomic mass is 9.76. The lowest BCUT2D eigenvalue weighted by Crippen LogP contribution is -2.40. The van der Waals surface area contributed by atoms with E-state index in [4.69, 9.17) is 4.42 Å². The standard InChI is InChI=1S/C20H22N2O5/c1-13(2)20(19(25)26)8-9-22(12-20)18(24)14-5-3-6-15(11-14)21-17(23)16-7-4-10-27-16/h3-7,10-11,13H,8-9,12H2,1-2H3,(H,21,23)(H,25,26). The van der Waals surface area contributed by atoms with Gasteiger partial charge in [0.1, 0.15) is 0 Å². The highest BCUT2D eigenvalue weighted by Crippen LogP contribution is 2.38. The van der Waals surface area contributed by atoms with Crippen molar-refractivity contribution in [2.24, 2.45) is 11.3 Å². The van der Waals surface area contributed by atoms with E-state index in [9.17, 15) is 19.5 Å². The molecule has 142 valence electrons. The number of carbonyl (C=O) groups excluding carboxylic acids is 2. The van der Waals surface area contributed by atoms with Crippen molar-refractivity contribution in [1.82, 2.24) is 4.90 Å². The number of rotatable bonds is 5. The zero-order valence-electron chi connectivity index (χ0n) is 15.3. The molecular weight excluding hydrogens is 348 g/mol. The summed E-state index contributed by atoms with van der Waals surface area (Å²) in [5, 5.41) is 12.3. The van der Waals surface area contributed by atoms with Crippen molar-refractivity contribution in [2.45, 2.75) is 20.3 Å². The second-order valence-corrected chi connectivity index (χ2v) is 7.10. The number of amides is 2. The second-order valence-electron chi connectivity index (χ2n) is 7.10. The zero-order chi connectivity index (χ0) is 19.6. The van der Waals surface area contributed by atoms with Gasteiger partial charge in [0.2, 0.25) is 0 Å². The van der Waals surface area contributed by atoms with E-state index >= 15 is 0 Å². The molecular formula is C20H22N2O5. The summed E-state index contributed by atoms with van der Waals surface area (Å²) in [7, 11) is 0. The summed E-state index contributed by atoms with van der Waals surface area (Å²) in [6.45, 7) is 4.31. The van der Waals surface area contributed by atoms with E-state index in [1.165, 1.54) is 6.26 Å². The normalized spacial score (nSPS) is 19.3. The van der Waals surface area contributed by atoms with Gasteiger partial charge in [0.25, 0.3) is 11.8 Å². The molecule has 1 aromatic heterocycles. The van der Waals surface area contributed by atoms with Crippen LogP contribution in [0.5, 0.6) is 0 Å². The Labute approximate surface area is 157 Å². The van der Waals surface area contributed by atoms with Crippen LogP contribution in [0, 0.1) is 11.3 Å². The lowest BCUT2D eigenvalue weighted by Gasteiger charge is -2.28. The molecule has 0 bridgehead atoms. The monoisotopic (exact) mass is 370 g/mol. The number of hydrogen-bond donors (Lipinski definition) is 2. The SMILES string of the molecule is CC(C)C1(C(=O)O)CCN(C(=O)c2cccc(NC(=O)c3ccco3)c2)C1. The highest BCUT2D eigenvalue weighted by molar-refractivity contribution is 6.03. The maximum Gasteiger partial charge on any atom is 0.311 e. The molecule has 0 spiro atoms. The molecule has 0 aliphatic carbocycles. The van der Waals surface area contributed by atoms with Gasteiger partial charge in [-0.1, -0.05) is 19.9 Å². The molecule has 7 nitrogen and oxygen atoms in total. The molecule has 2 aromatic rings. The number of nitrogens with zero attached hydrogens (tertiary/aromatic N) is 1. The highest BCUT2D eigenvalue weighted by atomic mass is 16.4. The third-order valence-electron chi connectivity index (χ3n) is 5.23. The molecule has 1 atom stereocenters. The van der Waals surface area contributed by atoms with Crippen LogP contribution >= 0.6 is 0 Å². The van der Waals surface area contributed by atoms with Gasteiger partial charge in [0.05, 0.1) is 11.7 Å². The van der Waals surface area contributed by atoms with Gasteiger partial charge in [0, 0.05) is 24.3 Å². The first kappa shape index (κ1) is 18.7. The van der Waals surface area contributed by atoms with Crippen LogP contribution in [0.2, 0.25) is 0 Å². The molecule has 1 saturated heterocycles. The molecule has 1 unspecified atom stereocenters. The van der Waals surface area contributed by atoms with Gasteiger partial charge in [0.15, 0.2) is 5.76 Å². The third-order valence-corrected chi connectivity index (χ3v) is 5.23. The number of furan rings is 1. The summed E-state index contributed by atoms with van der Waals surface area (Å²) in [6.07, 6.45) is 1.84. The zero-order valence-corrected chi connectivity index (χ0v) is 15.3. The first-order valence-electron chi connectivity index (χ1n) is 8.81. The van der Waals surface area contributed by atoms with E-state index in [-0.39, 0.29) is 24.1 Å². The fourth-order valence-corrected chi connectivity index (χ4v) is 3.41. The van der Waals surface area contributed by atoms with Crippen LogP contribution in [0.25, 0.3) is 0 Å². The number of likely N-dealkylation sites (tertiary alicyclic amines) is 1. The summed E-state index contributed by atoms with van der Waals surface area (Å²) in [6, 6.07) is 9.75. The summed E-state index contributed by atoms with van der Waals surface area (Å²) in [5.41, 5.74) is -0.0483. The Balaban J connectivity index is 1.74. The molecule has 27 heavy (non-hydrogen) atoms. The smallest absolute Gasteiger partial charge is 0.311 e. The molecule has 2 N–H and O–H groups in total. The Hall–Kier alpha value is -3.09. The molecule has 1 fully saturated rings. The number of anilines is 1. The van der Waals surface area contributed by atoms with Crippen LogP contribution < -0.4 is 5.32 Å². The van der Waals surface area contributed by atoms with Gasteiger partial charge in [-0.3, -0.25) is 14.4 Å². The lowest BCUT2D eigenvalue weighted by molar-refractivity contribution is -0.150. The van der Waals surface area contributed by atoms with E-state index in [0.717, 1.165) is 0 Å². The molecule has 1 aromatic carbocycles. The van der Waals surface area contributed by atoms with E-state index in [1.54, 1.807) is 41.3 Å². The Bertz CT molecular complexity index is 859. The highest BCUT2D eigenvalue weighted by Gasteiger charge is 2.48. The number of benzene rings is 1. The van der Waals surface area contributed by atoms with E-state index in [2.05, 4.69) is 5.32 Å². The van der Waals surface area contributed by atoms with Gasteiger partial charge in [-0.15, -0.1) is 0 Å². The number of nitrogens with one attached hydrogen (secondary N) is 1.